The maximum atomic E-state index is 9.89. The van der Waals surface area contributed by atoms with Crippen LogP contribution in [0.3, 0.4) is 0 Å². The largest absolute Gasteiger partial charge is 1.00 e. The first-order chi connectivity index (χ1) is 9.35. The van der Waals surface area contributed by atoms with E-state index < -0.39 is 48.4 Å². The fourth-order valence-corrected chi connectivity index (χ4v) is 3.02. The molecule has 0 aromatic heterocycles. The molecule has 3 heterocycles. The van der Waals surface area contributed by atoms with Crippen LogP contribution in [0.25, 0.3) is 0 Å². The van der Waals surface area contributed by atoms with Crippen LogP contribution in [0.5, 0.6) is 0 Å². The molecule has 1 spiro atoms. The van der Waals surface area contributed by atoms with Crippen LogP contribution in [0.1, 0.15) is 49.4 Å². The Kier molecular flexibility index (Phi) is 1.20. The molecule has 0 aromatic rings. The molecule has 1 unspecified atom stereocenters. The fourth-order valence-electron chi connectivity index (χ4n) is 3.02. The van der Waals surface area contributed by atoms with Crippen LogP contribution in [0.4, 0.5) is 0 Å². The Hall–Kier alpha value is 0.210. The van der Waals surface area contributed by atoms with Gasteiger partial charge in [0, 0.05) is 43.9 Å². The molecule has 2 bridgehead atoms. The van der Waals surface area contributed by atoms with Crippen LogP contribution in [-0.4, -0.2) is 40.8 Å². The summed E-state index contributed by atoms with van der Waals surface area (Å²) in [6.45, 7) is -5.35. The Labute approximate surface area is 104 Å². The van der Waals surface area contributed by atoms with Crippen LogP contribution in [0, 0.1) is 0 Å². The molecule has 0 aliphatic carbocycles. The molecule has 0 radical (unpaired) electrons. The minimum atomic E-state index is -2.94. The first kappa shape index (κ1) is 4.60. The molecular formula is C11H20ClNO. The van der Waals surface area contributed by atoms with Gasteiger partial charge in [-0.3, -0.25) is 0 Å². The second kappa shape index (κ2) is 3.66. The van der Waals surface area contributed by atoms with Gasteiger partial charge in [-0.25, -0.2) is 0 Å². The van der Waals surface area contributed by atoms with E-state index in [9.17, 15) is 5.11 Å². The maximum Gasteiger partial charge on any atom is 0.0924 e. The molecule has 0 saturated carbocycles. The highest BCUT2D eigenvalue weighted by atomic mass is 35.5. The number of aliphatic hydroxyl groups is 1. The molecule has 0 aromatic carbocycles. The number of halogens is 1. The predicted octanol–water partition coefficient (Wildman–Crippen LogP) is -1.71. The Morgan fingerprint density at radius 1 is 1.07 bits per heavy atom. The number of rotatable bonds is 0. The molecule has 14 heavy (non-hydrogen) atoms. The summed E-state index contributed by atoms with van der Waals surface area (Å²) in [5.74, 6) is 0. The van der Waals surface area contributed by atoms with E-state index in [0.717, 1.165) is 0 Å². The predicted molar refractivity (Wildman–Crippen MR) is 51.3 cm³/mol. The maximum absolute atomic E-state index is 9.89. The zero-order chi connectivity index (χ0) is 16.1. The smallest absolute Gasteiger partial charge is 0.0924 e. The topological polar surface area (TPSA) is 20.2 Å². The van der Waals surface area contributed by atoms with Crippen LogP contribution < -0.4 is 12.4 Å². The van der Waals surface area contributed by atoms with E-state index in [1.807, 2.05) is 0 Å². The molecule has 3 saturated heterocycles. The molecule has 3 rings (SSSR count). The van der Waals surface area contributed by atoms with Gasteiger partial charge in [0.15, 0.2) is 0 Å². The van der Waals surface area contributed by atoms with Crippen molar-refractivity contribution < 1.29 is 33.0 Å². The number of hydrogen-bond acceptors (Lipinski definition) is 1. The van der Waals surface area contributed by atoms with Gasteiger partial charge in [0.25, 0.3) is 0 Å². The van der Waals surface area contributed by atoms with Crippen molar-refractivity contribution in [1.82, 2.24) is 0 Å². The Balaban J connectivity index is 0.00000176. The number of nitrogens with zero attached hydrogens (tertiary/aromatic N) is 1. The molecule has 0 amide bonds. The zero-order valence-corrected chi connectivity index (χ0v) is 8.59. The highest BCUT2D eigenvalue weighted by molar-refractivity contribution is 4.87. The summed E-state index contributed by atoms with van der Waals surface area (Å²) in [5, 5.41) is 9.89. The van der Waals surface area contributed by atoms with Gasteiger partial charge in [0.1, 0.15) is 0 Å². The number of piperidine rings is 1. The van der Waals surface area contributed by atoms with Gasteiger partial charge in [-0.15, -0.1) is 0 Å². The van der Waals surface area contributed by atoms with Crippen molar-refractivity contribution in [2.45, 2.75) is 56.6 Å². The van der Waals surface area contributed by atoms with Crippen molar-refractivity contribution in [3.8, 4) is 0 Å². The highest BCUT2D eigenvalue weighted by Crippen LogP contribution is 2.45. The zero-order valence-electron chi connectivity index (χ0n) is 15.8. The third kappa shape index (κ3) is 1.31. The fraction of sp³-hybridized carbons (Fsp3) is 1.00. The van der Waals surface area contributed by atoms with Gasteiger partial charge in [0.05, 0.1) is 36.7 Å². The SMILES string of the molecule is [2H]C1([2H])C([2H])([2H])C([2H])([2H])[N+]2([C@@H]3CC[C@H]2CC(O)C3)C1([2H])[2H].[Cl-]. The van der Waals surface area contributed by atoms with Gasteiger partial charge < -0.3 is 22.0 Å². The van der Waals surface area contributed by atoms with E-state index in [-0.39, 0.29) is 25.2 Å². The monoisotopic (exact) mass is 225 g/mol. The lowest BCUT2D eigenvalue weighted by Gasteiger charge is -2.46. The summed E-state index contributed by atoms with van der Waals surface area (Å²) in [6.07, 6.45) is -5.14. The second-order valence-electron chi connectivity index (χ2n) is 4.26. The van der Waals surface area contributed by atoms with E-state index in [2.05, 4.69) is 0 Å². The first-order valence-corrected chi connectivity index (χ1v) is 4.92. The molecule has 2 nitrogen and oxygen atoms in total. The summed E-state index contributed by atoms with van der Waals surface area (Å²) in [6, 6.07) is -1.17. The molecule has 82 valence electrons. The van der Waals surface area contributed by atoms with Crippen LogP contribution in [-0.2, 0) is 0 Å². The van der Waals surface area contributed by atoms with E-state index in [1.54, 1.807) is 0 Å². The lowest BCUT2D eigenvalue weighted by molar-refractivity contribution is -0.956. The van der Waals surface area contributed by atoms with E-state index >= 15 is 0 Å². The van der Waals surface area contributed by atoms with E-state index in [4.69, 9.17) is 11.0 Å². The molecule has 1 N–H and O–H groups in total. The third-order valence-electron chi connectivity index (χ3n) is 3.62. The van der Waals surface area contributed by atoms with Gasteiger partial charge in [-0.2, -0.15) is 0 Å². The first-order valence-electron chi connectivity index (χ1n) is 8.92. The van der Waals surface area contributed by atoms with Gasteiger partial charge in [-0.1, -0.05) is 0 Å². The minimum Gasteiger partial charge on any atom is -1.00 e. The van der Waals surface area contributed by atoms with Gasteiger partial charge >= 0.3 is 0 Å². The summed E-state index contributed by atoms with van der Waals surface area (Å²) in [5.41, 5.74) is 0. The Morgan fingerprint density at radius 2 is 1.57 bits per heavy atom. The summed E-state index contributed by atoms with van der Waals surface area (Å²) < 4.78 is 64.3. The summed E-state index contributed by atoms with van der Waals surface area (Å²) >= 11 is 0. The second-order valence-corrected chi connectivity index (χ2v) is 4.26. The molecule has 3 fully saturated rings. The molecule has 3 heteroatoms. The average Bonchev–Trinajstić information content (AvgIpc) is 2.59. The van der Waals surface area contributed by atoms with Crippen LogP contribution in [0.2, 0.25) is 0 Å². The van der Waals surface area contributed by atoms with Crippen LogP contribution >= 0.6 is 0 Å². The molecule has 3 atom stereocenters. The minimum absolute atomic E-state index is 0. The number of aliphatic hydroxyl groups excluding tert-OH is 1. The normalized spacial score (nSPS) is 66.8. The van der Waals surface area contributed by atoms with E-state index in [1.165, 1.54) is 0 Å². The summed E-state index contributed by atoms with van der Waals surface area (Å²) in [4.78, 5) is 0. The van der Waals surface area contributed by atoms with Crippen molar-refractivity contribution in [1.29, 1.82) is 0 Å². The van der Waals surface area contributed by atoms with E-state index in [0.29, 0.717) is 12.8 Å². The lowest BCUT2D eigenvalue weighted by Crippen LogP contribution is -3.00. The quantitative estimate of drug-likeness (QED) is 0.487. The van der Waals surface area contributed by atoms with Gasteiger partial charge in [-0.05, 0) is 0 Å². The van der Waals surface area contributed by atoms with Gasteiger partial charge in [0.2, 0.25) is 0 Å². The highest BCUT2D eigenvalue weighted by Gasteiger charge is 2.54. The molecule has 3 aliphatic rings. The number of quaternary nitrogens is 1. The van der Waals surface area contributed by atoms with Crippen molar-refractivity contribution in [3.63, 3.8) is 0 Å². The number of hydrogen-bond donors (Lipinski definition) is 1. The molecular weight excluding hydrogens is 198 g/mol. The molecule has 3 aliphatic heterocycles. The van der Waals surface area contributed by atoms with Crippen molar-refractivity contribution in [2.24, 2.45) is 0 Å². The summed E-state index contributed by atoms with van der Waals surface area (Å²) in [7, 11) is 0. The third-order valence-corrected chi connectivity index (χ3v) is 3.62. The van der Waals surface area contributed by atoms with Crippen molar-refractivity contribution in [2.75, 3.05) is 13.0 Å². The lowest BCUT2D eigenvalue weighted by atomic mass is 9.97. The Bertz CT molecular complexity index is 443. The van der Waals surface area contributed by atoms with Crippen molar-refractivity contribution in [3.05, 3.63) is 0 Å². The van der Waals surface area contributed by atoms with Crippen molar-refractivity contribution >= 4 is 0 Å². The standard InChI is InChI=1S/C11H20NO.ClH/c13-11-7-9-3-4-10(8-11)12(9)5-1-2-6-12;/h9-11,13H,1-8H2;1H/q+1;/p-1/t9-,10+,11?;/i1D2,2D2,5D2,6D2;. The van der Waals surface area contributed by atoms with Crippen LogP contribution in [0.15, 0.2) is 0 Å². The Morgan fingerprint density at radius 3 is 2.07 bits per heavy atom. The average molecular weight is 226 g/mol.